The summed E-state index contributed by atoms with van der Waals surface area (Å²) in [5.41, 5.74) is 3.42. The number of nitrogens with one attached hydrogen (secondary N) is 1. The molecule has 1 saturated heterocycles. The van der Waals surface area contributed by atoms with Crippen LogP contribution in [0, 0.1) is 0 Å². The lowest BCUT2D eigenvalue weighted by molar-refractivity contribution is 0.0951. The lowest BCUT2D eigenvalue weighted by Crippen LogP contribution is -2.30. The van der Waals surface area contributed by atoms with Crippen molar-refractivity contribution in [3.05, 3.63) is 77.1 Å². The number of carbonyl (C=O) groups excluding carboxylic acids is 1. The fourth-order valence-electron chi connectivity index (χ4n) is 3.46. The molecule has 1 amide bonds. The summed E-state index contributed by atoms with van der Waals surface area (Å²) in [6, 6.07) is 15.0. The number of hydrogen-bond acceptors (Lipinski definition) is 4. The normalized spacial score (nSPS) is 13.9. The van der Waals surface area contributed by atoms with Gasteiger partial charge in [0.15, 0.2) is 0 Å². The van der Waals surface area contributed by atoms with E-state index in [0.717, 1.165) is 35.7 Å². The van der Waals surface area contributed by atoms with E-state index in [-0.39, 0.29) is 5.91 Å². The molecular formula is C23H23ClN4O. The lowest BCUT2D eigenvalue weighted by Gasteiger charge is -2.26. The Morgan fingerprint density at radius 1 is 0.931 bits per heavy atom. The maximum atomic E-state index is 12.4. The smallest absolute Gasteiger partial charge is 0.251 e. The van der Waals surface area contributed by atoms with Gasteiger partial charge >= 0.3 is 0 Å². The molecule has 2 heterocycles. The van der Waals surface area contributed by atoms with Gasteiger partial charge in [-0.25, -0.2) is 9.97 Å². The van der Waals surface area contributed by atoms with Crippen molar-refractivity contribution in [1.29, 1.82) is 0 Å². The predicted octanol–water partition coefficient (Wildman–Crippen LogP) is 4.72. The van der Waals surface area contributed by atoms with Gasteiger partial charge in [-0.1, -0.05) is 41.9 Å². The van der Waals surface area contributed by atoms with Crippen LogP contribution in [0.2, 0.25) is 5.02 Å². The molecule has 0 bridgehead atoms. The van der Waals surface area contributed by atoms with Crippen molar-refractivity contribution in [1.82, 2.24) is 15.3 Å². The van der Waals surface area contributed by atoms with Crippen LogP contribution >= 0.6 is 11.6 Å². The number of halogens is 1. The lowest BCUT2D eigenvalue weighted by atomic mass is 10.1. The minimum Gasteiger partial charge on any atom is -0.348 e. The summed E-state index contributed by atoms with van der Waals surface area (Å²) >= 11 is 6.14. The Labute approximate surface area is 175 Å². The first-order valence-corrected chi connectivity index (χ1v) is 10.3. The van der Waals surface area contributed by atoms with E-state index in [2.05, 4.69) is 20.2 Å². The fourth-order valence-corrected chi connectivity index (χ4v) is 3.66. The highest BCUT2D eigenvalue weighted by Crippen LogP contribution is 2.21. The van der Waals surface area contributed by atoms with E-state index in [1.165, 1.54) is 19.3 Å². The third-order valence-corrected chi connectivity index (χ3v) is 5.52. The molecule has 148 valence electrons. The number of hydrogen-bond donors (Lipinski definition) is 1. The van der Waals surface area contributed by atoms with Crippen LogP contribution in [0.3, 0.4) is 0 Å². The average molecular weight is 407 g/mol. The van der Waals surface area contributed by atoms with Crippen LogP contribution in [0.5, 0.6) is 0 Å². The van der Waals surface area contributed by atoms with Crippen molar-refractivity contribution in [2.75, 3.05) is 18.0 Å². The molecule has 0 radical (unpaired) electrons. The number of carbonyl (C=O) groups is 1. The van der Waals surface area contributed by atoms with Gasteiger partial charge in [-0.05, 0) is 48.6 Å². The standard InChI is InChI=1S/C23H23ClN4O/c24-21-7-3-2-6-19(21)14-25-22(29)18-10-8-17(9-11-18)20-15-26-23(27-16-20)28-12-4-1-5-13-28/h2-3,6-11,15-16H,1,4-5,12-14H2,(H,25,29). The molecule has 0 atom stereocenters. The highest BCUT2D eigenvalue weighted by atomic mass is 35.5. The van der Waals surface area contributed by atoms with E-state index in [4.69, 9.17) is 11.6 Å². The van der Waals surface area contributed by atoms with Crippen molar-refractivity contribution in [2.24, 2.45) is 0 Å². The molecule has 5 nitrogen and oxygen atoms in total. The van der Waals surface area contributed by atoms with Gasteiger partial charge < -0.3 is 10.2 Å². The Hall–Kier alpha value is -2.92. The quantitative estimate of drug-likeness (QED) is 0.666. The molecule has 1 aliphatic heterocycles. The Balaban J connectivity index is 1.39. The Morgan fingerprint density at radius 3 is 2.31 bits per heavy atom. The number of amides is 1. The van der Waals surface area contributed by atoms with E-state index in [1.807, 2.05) is 60.9 Å². The van der Waals surface area contributed by atoms with E-state index in [9.17, 15) is 4.79 Å². The molecule has 1 N–H and O–H groups in total. The molecule has 3 aromatic rings. The van der Waals surface area contributed by atoms with Crippen molar-refractivity contribution < 1.29 is 4.79 Å². The van der Waals surface area contributed by atoms with Crippen molar-refractivity contribution >= 4 is 23.5 Å². The molecule has 6 heteroatoms. The summed E-state index contributed by atoms with van der Waals surface area (Å²) < 4.78 is 0. The van der Waals surface area contributed by atoms with Gasteiger partial charge in [0.05, 0.1) is 0 Å². The van der Waals surface area contributed by atoms with Gasteiger partial charge in [0.25, 0.3) is 5.91 Å². The first-order valence-electron chi connectivity index (χ1n) is 9.90. The zero-order valence-electron chi connectivity index (χ0n) is 16.1. The molecule has 1 aliphatic rings. The topological polar surface area (TPSA) is 58.1 Å². The highest BCUT2D eigenvalue weighted by Gasteiger charge is 2.13. The third-order valence-electron chi connectivity index (χ3n) is 5.15. The van der Waals surface area contributed by atoms with Crippen molar-refractivity contribution in [3.8, 4) is 11.1 Å². The van der Waals surface area contributed by atoms with Gasteiger partial charge in [-0.2, -0.15) is 0 Å². The van der Waals surface area contributed by atoms with E-state index in [1.54, 1.807) is 0 Å². The first kappa shape index (κ1) is 19.4. The zero-order valence-corrected chi connectivity index (χ0v) is 16.9. The van der Waals surface area contributed by atoms with Crippen LogP contribution in [0.25, 0.3) is 11.1 Å². The Morgan fingerprint density at radius 2 is 1.62 bits per heavy atom. The maximum Gasteiger partial charge on any atom is 0.251 e. The number of nitrogens with zero attached hydrogens (tertiary/aromatic N) is 3. The van der Waals surface area contributed by atoms with Gasteiger partial charge in [0.1, 0.15) is 0 Å². The second-order valence-corrected chi connectivity index (χ2v) is 7.58. The fraction of sp³-hybridized carbons (Fsp3) is 0.261. The van der Waals surface area contributed by atoms with E-state index in [0.29, 0.717) is 17.1 Å². The number of rotatable bonds is 5. The van der Waals surface area contributed by atoms with Gasteiger partial charge in [-0.3, -0.25) is 4.79 Å². The van der Waals surface area contributed by atoms with Crippen LogP contribution < -0.4 is 10.2 Å². The summed E-state index contributed by atoms with van der Waals surface area (Å²) in [5.74, 6) is 0.664. The third kappa shape index (κ3) is 4.74. The van der Waals surface area contributed by atoms with Crippen LogP contribution in [-0.2, 0) is 6.54 Å². The zero-order chi connectivity index (χ0) is 20.1. The maximum absolute atomic E-state index is 12.4. The second kappa shape index (κ2) is 9.05. The molecule has 2 aromatic carbocycles. The SMILES string of the molecule is O=C(NCc1ccccc1Cl)c1ccc(-c2cnc(N3CCCCC3)nc2)cc1. The van der Waals surface area contributed by atoms with Crippen LogP contribution in [-0.4, -0.2) is 29.0 Å². The minimum atomic E-state index is -0.131. The van der Waals surface area contributed by atoms with E-state index < -0.39 is 0 Å². The molecule has 0 saturated carbocycles. The Kier molecular flexibility index (Phi) is 6.06. The predicted molar refractivity (Wildman–Crippen MR) is 116 cm³/mol. The molecular weight excluding hydrogens is 384 g/mol. The summed E-state index contributed by atoms with van der Waals surface area (Å²) in [6.07, 6.45) is 7.38. The van der Waals surface area contributed by atoms with Crippen LogP contribution in [0.1, 0.15) is 35.2 Å². The number of aromatic nitrogens is 2. The number of piperidine rings is 1. The minimum absolute atomic E-state index is 0.131. The van der Waals surface area contributed by atoms with Crippen LogP contribution in [0.4, 0.5) is 5.95 Å². The average Bonchev–Trinajstić information content (AvgIpc) is 2.79. The summed E-state index contributed by atoms with van der Waals surface area (Å²) in [4.78, 5) is 23.7. The number of benzene rings is 2. The molecule has 0 unspecified atom stereocenters. The van der Waals surface area contributed by atoms with Crippen molar-refractivity contribution in [3.63, 3.8) is 0 Å². The Bertz CT molecular complexity index is 967. The summed E-state index contributed by atoms with van der Waals surface area (Å²) in [6.45, 7) is 2.45. The number of anilines is 1. The van der Waals surface area contributed by atoms with Crippen LogP contribution in [0.15, 0.2) is 60.9 Å². The van der Waals surface area contributed by atoms with Gasteiger partial charge in [0, 0.05) is 48.2 Å². The molecule has 29 heavy (non-hydrogen) atoms. The largest absolute Gasteiger partial charge is 0.348 e. The van der Waals surface area contributed by atoms with Gasteiger partial charge in [0.2, 0.25) is 5.95 Å². The van der Waals surface area contributed by atoms with E-state index >= 15 is 0 Å². The molecule has 0 spiro atoms. The first-order chi connectivity index (χ1) is 14.2. The monoisotopic (exact) mass is 406 g/mol. The summed E-state index contributed by atoms with van der Waals surface area (Å²) in [5, 5.41) is 3.55. The molecule has 4 rings (SSSR count). The van der Waals surface area contributed by atoms with Crippen molar-refractivity contribution in [2.45, 2.75) is 25.8 Å². The van der Waals surface area contributed by atoms with Gasteiger partial charge in [-0.15, -0.1) is 0 Å². The molecule has 1 fully saturated rings. The summed E-state index contributed by atoms with van der Waals surface area (Å²) in [7, 11) is 0. The molecule has 1 aromatic heterocycles. The second-order valence-electron chi connectivity index (χ2n) is 7.17. The molecule has 0 aliphatic carbocycles. The highest BCUT2D eigenvalue weighted by molar-refractivity contribution is 6.31.